The van der Waals surface area contributed by atoms with Crippen LogP contribution in [0.2, 0.25) is 0 Å². The summed E-state index contributed by atoms with van der Waals surface area (Å²) in [6, 6.07) is 10.5. The van der Waals surface area contributed by atoms with Crippen molar-refractivity contribution in [3.63, 3.8) is 0 Å². The molecule has 128 valence electrons. The number of rotatable bonds is 6. The van der Waals surface area contributed by atoms with Crippen molar-refractivity contribution in [2.45, 2.75) is 19.4 Å². The van der Waals surface area contributed by atoms with E-state index < -0.39 is 27.9 Å². The number of nitrogens with zero attached hydrogens (tertiary/aromatic N) is 1. The Balaban J connectivity index is 2.45. The van der Waals surface area contributed by atoms with Crippen molar-refractivity contribution in [2.75, 3.05) is 10.6 Å². The van der Waals surface area contributed by atoms with Gasteiger partial charge < -0.3 is 5.11 Å². The SMILES string of the molecule is Cc1ccc(CC(C(=O)O)N(c2ccc(F)cc2)S(C)(=O)=O)cc1. The molecular weight excluding hydrogens is 333 g/mol. The van der Waals surface area contributed by atoms with E-state index in [1.165, 1.54) is 12.1 Å². The number of carboxylic acids is 1. The molecule has 0 radical (unpaired) electrons. The van der Waals surface area contributed by atoms with E-state index in [1.54, 1.807) is 12.1 Å². The van der Waals surface area contributed by atoms with Gasteiger partial charge in [-0.2, -0.15) is 0 Å². The highest BCUT2D eigenvalue weighted by Crippen LogP contribution is 2.23. The van der Waals surface area contributed by atoms with Crippen molar-refractivity contribution >= 4 is 21.7 Å². The third-order valence-corrected chi connectivity index (χ3v) is 4.74. The lowest BCUT2D eigenvalue weighted by atomic mass is 10.0. The van der Waals surface area contributed by atoms with Gasteiger partial charge in [0.25, 0.3) is 0 Å². The smallest absolute Gasteiger partial charge is 0.327 e. The zero-order chi connectivity index (χ0) is 17.9. The molecule has 1 atom stereocenters. The maximum absolute atomic E-state index is 13.1. The molecule has 0 bridgehead atoms. The third-order valence-electron chi connectivity index (χ3n) is 3.56. The molecule has 0 spiro atoms. The number of carbonyl (C=O) groups is 1. The Labute approximate surface area is 140 Å². The van der Waals surface area contributed by atoms with E-state index >= 15 is 0 Å². The predicted molar refractivity (Wildman–Crippen MR) is 90.0 cm³/mol. The predicted octanol–water partition coefficient (Wildman–Crippen LogP) is 2.60. The van der Waals surface area contributed by atoms with Crippen LogP contribution in [0.25, 0.3) is 0 Å². The number of halogens is 1. The number of benzene rings is 2. The van der Waals surface area contributed by atoms with Crippen LogP contribution < -0.4 is 4.31 Å². The average Bonchev–Trinajstić information content (AvgIpc) is 2.49. The van der Waals surface area contributed by atoms with Crippen molar-refractivity contribution in [3.8, 4) is 0 Å². The van der Waals surface area contributed by atoms with Crippen LogP contribution in [0, 0.1) is 12.7 Å². The Kier molecular flexibility index (Phi) is 5.23. The lowest BCUT2D eigenvalue weighted by Crippen LogP contribution is -2.46. The van der Waals surface area contributed by atoms with Crippen molar-refractivity contribution in [2.24, 2.45) is 0 Å². The molecule has 0 heterocycles. The van der Waals surface area contributed by atoms with Crippen LogP contribution in [-0.4, -0.2) is 31.8 Å². The van der Waals surface area contributed by atoms with Gasteiger partial charge in [-0.15, -0.1) is 0 Å². The zero-order valence-electron chi connectivity index (χ0n) is 13.3. The van der Waals surface area contributed by atoms with Gasteiger partial charge in [0.15, 0.2) is 0 Å². The lowest BCUT2D eigenvalue weighted by molar-refractivity contribution is -0.138. The Bertz CT molecular complexity index is 817. The molecule has 2 aromatic carbocycles. The number of aryl methyl sites for hydroxylation is 1. The van der Waals surface area contributed by atoms with Crippen LogP contribution in [0.1, 0.15) is 11.1 Å². The number of sulfonamides is 1. The van der Waals surface area contributed by atoms with Gasteiger partial charge in [-0.3, -0.25) is 4.31 Å². The Morgan fingerprint density at radius 2 is 1.67 bits per heavy atom. The molecule has 0 saturated heterocycles. The minimum absolute atomic E-state index is 0.0000593. The summed E-state index contributed by atoms with van der Waals surface area (Å²) in [6.07, 6.45) is 0.932. The van der Waals surface area contributed by atoms with Crippen molar-refractivity contribution in [1.29, 1.82) is 0 Å². The van der Waals surface area contributed by atoms with Crippen LogP contribution in [0.15, 0.2) is 48.5 Å². The maximum Gasteiger partial charge on any atom is 0.327 e. The van der Waals surface area contributed by atoms with Crippen LogP contribution in [0.4, 0.5) is 10.1 Å². The summed E-state index contributed by atoms with van der Waals surface area (Å²) in [5.41, 5.74) is 1.83. The summed E-state index contributed by atoms with van der Waals surface area (Å²) in [5, 5.41) is 9.56. The molecule has 2 rings (SSSR count). The first-order valence-corrected chi connectivity index (χ1v) is 9.06. The topological polar surface area (TPSA) is 74.7 Å². The van der Waals surface area contributed by atoms with Gasteiger partial charge in [0.1, 0.15) is 11.9 Å². The molecule has 0 fully saturated rings. The van der Waals surface area contributed by atoms with Crippen molar-refractivity contribution in [1.82, 2.24) is 0 Å². The van der Waals surface area contributed by atoms with E-state index in [1.807, 2.05) is 19.1 Å². The zero-order valence-corrected chi connectivity index (χ0v) is 14.1. The minimum atomic E-state index is -3.87. The first kappa shape index (κ1) is 17.9. The maximum atomic E-state index is 13.1. The largest absolute Gasteiger partial charge is 0.480 e. The molecule has 7 heteroatoms. The Morgan fingerprint density at radius 3 is 2.12 bits per heavy atom. The Hall–Kier alpha value is -2.41. The summed E-state index contributed by atoms with van der Waals surface area (Å²) in [6.45, 7) is 1.90. The van der Waals surface area contributed by atoms with Gasteiger partial charge >= 0.3 is 5.97 Å². The van der Waals surface area contributed by atoms with E-state index in [9.17, 15) is 22.7 Å². The second kappa shape index (κ2) is 7.00. The molecular formula is C17H18FNO4S. The number of carboxylic acid groups (broad SMARTS) is 1. The van der Waals surface area contributed by atoms with E-state index in [-0.39, 0.29) is 12.1 Å². The van der Waals surface area contributed by atoms with Gasteiger partial charge in [0.05, 0.1) is 11.9 Å². The van der Waals surface area contributed by atoms with Crippen LogP contribution >= 0.6 is 0 Å². The van der Waals surface area contributed by atoms with Crippen LogP contribution in [-0.2, 0) is 21.2 Å². The molecule has 1 N–H and O–H groups in total. The summed E-state index contributed by atoms with van der Waals surface area (Å²) in [4.78, 5) is 11.7. The highest BCUT2D eigenvalue weighted by Gasteiger charge is 2.32. The summed E-state index contributed by atoms with van der Waals surface area (Å²) in [7, 11) is -3.87. The fourth-order valence-electron chi connectivity index (χ4n) is 2.41. The van der Waals surface area contributed by atoms with Gasteiger partial charge in [0, 0.05) is 6.42 Å². The van der Waals surface area contributed by atoms with Crippen molar-refractivity contribution < 1.29 is 22.7 Å². The molecule has 0 aliphatic rings. The van der Waals surface area contributed by atoms with E-state index in [0.717, 1.165) is 28.3 Å². The van der Waals surface area contributed by atoms with E-state index in [4.69, 9.17) is 0 Å². The molecule has 0 saturated carbocycles. The molecule has 24 heavy (non-hydrogen) atoms. The minimum Gasteiger partial charge on any atom is -0.480 e. The summed E-state index contributed by atoms with van der Waals surface area (Å²) >= 11 is 0. The van der Waals surface area contributed by atoms with Gasteiger partial charge in [0.2, 0.25) is 10.0 Å². The van der Waals surface area contributed by atoms with Gasteiger partial charge in [-0.25, -0.2) is 17.6 Å². The fraction of sp³-hybridized carbons (Fsp3) is 0.235. The third kappa shape index (κ3) is 4.32. The molecule has 0 aliphatic heterocycles. The highest BCUT2D eigenvalue weighted by atomic mass is 32.2. The standard InChI is InChI=1S/C17H18FNO4S/c1-12-3-5-13(6-4-12)11-16(17(20)21)19(24(2,22)23)15-9-7-14(18)8-10-15/h3-10,16H,11H2,1-2H3,(H,20,21). The van der Waals surface area contributed by atoms with E-state index in [0.29, 0.717) is 5.56 Å². The van der Waals surface area contributed by atoms with E-state index in [2.05, 4.69) is 0 Å². The quantitative estimate of drug-likeness (QED) is 0.868. The summed E-state index contributed by atoms with van der Waals surface area (Å²) in [5.74, 6) is -1.80. The number of hydrogen-bond donors (Lipinski definition) is 1. The average molecular weight is 351 g/mol. The highest BCUT2D eigenvalue weighted by molar-refractivity contribution is 7.92. The monoisotopic (exact) mass is 351 g/mol. The first-order chi connectivity index (χ1) is 11.2. The van der Waals surface area contributed by atoms with Crippen LogP contribution in [0.3, 0.4) is 0 Å². The molecule has 1 unspecified atom stereocenters. The van der Waals surface area contributed by atoms with Gasteiger partial charge in [-0.05, 0) is 36.8 Å². The molecule has 0 aromatic heterocycles. The molecule has 2 aromatic rings. The summed E-state index contributed by atoms with van der Waals surface area (Å²) < 4.78 is 38.3. The van der Waals surface area contributed by atoms with Crippen molar-refractivity contribution in [3.05, 3.63) is 65.5 Å². The fourth-order valence-corrected chi connectivity index (χ4v) is 3.54. The molecule has 0 aliphatic carbocycles. The number of hydrogen-bond acceptors (Lipinski definition) is 3. The van der Waals surface area contributed by atoms with Gasteiger partial charge in [-0.1, -0.05) is 29.8 Å². The molecule has 5 nitrogen and oxygen atoms in total. The second-order valence-electron chi connectivity index (χ2n) is 5.58. The second-order valence-corrected chi connectivity index (χ2v) is 7.44. The number of aliphatic carboxylic acids is 1. The van der Waals surface area contributed by atoms with Crippen LogP contribution in [0.5, 0.6) is 0 Å². The normalized spacial score (nSPS) is 12.6. The number of anilines is 1. The Morgan fingerprint density at radius 1 is 1.12 bits per heavy atom. The first-order valence-electron chi connectivity index (χ1n) is 7.22. The lowest BCUT2D eigenvalue weighted by Gasteiger charge is -2.29. The molecule has 0 amide bonds.